The van der Waals surface area contributed by atoms with Crippen LogP contribution in [0.25, 0.3) is 0 Å². The van der Waals surface area contributed by atoms with E-state index < -0.39 is 16.0 Å². The van der Waals surface area contributed by atoms with E-state index in [0.29, 0.717) is 31.7 Å². The summed E-state index contributed by atoms with van der Waals surface area (Å²) in [4.78, 5) is 18.5. The third-order valence-corrected chi connectivity index (χ3v) is 7.49. The number of benzene rings is 1. The highest BCUT2D eigenvalue weighted by Gasteiger charge is 2.28. The van der Waals surface area contributed by atoms with Crippen molar-refractivity contribution in [1.29, 1.82) is 0 Å². The Morgan fingerprint density at radius 1 is 1.19 bits per heavy atom. The first-order valence-corrected chi connectivity index (χ1v) is 11.1. The monoisotopic (exact) mass is 409 g/mol. The number of thiazole rings is 1. The Morgan fingerprint density at radius 3 is 2.41 bits per heavy atom. The number of hydrogen-bond acceptors (Lipinski definition) is 7. The van der Waals surface area contributed by atoms with Gasteiger partial charge in [-0.25, -0.2) is 18.2 Å². The molecule has 1 aliphatic heterocycles. The Bertz CT molecular complexity index is 886. The molecule has 0 aliphatic carbocycles. The van der Waals surface area contributed by atoms with Gasteiger partial charge < -0.3 is 4.74 Å². The molecule has 0 amide bonds. The number of rotatable bonds is 6. The average Bonchev–Trinajstić information content (AvgIpc) is 3.15. The molecule has 2 heterocycles. The number of ether oxygens (including phenoxy) is 1. The quantitative estimate of drug-likeness (QED) is 0.679. The maximum atomic E-state index is 12.8. The van der Waals surface area contributed by atoms with Gasteiger partial charge in [-0.3, -0.25) is 4.90 Å². The van der Waals surface area contributed by atoms with Crippen LogP contribution in [-0.2, 0) is 27.7 Å². The van der Waals surface area contributed by atoms with Crippen LogP contribution >= 0.6 is 11.3 Å². The topological polar surface area (TPSA) is 79.8 Å². The van der Waals surface area contributed by atoms with Gasteiger partial charge >= 0.3 is 5.97 Å². The molecule has 2 aromatic rings. The number of aromatic nitrogens is 1. The maximum absolute atomic E-state index is 12.8. The SMILES string of the molecule is CCc1nc(CN2CCN(S(=O)(=O)c3ccc(C(=O)OC)cc3)CC2)cs1. The van der Waals surface area contributed by atoms with Crippen molar-refractivity contribution in [3.8, 4) is 0 Å². The molecular formula is C18H23N3O4S2. The van der Waals surface area contributed by atoms with Gasteiger partial charge in [-0.2, -0.15) is 4.31 Å². The number of sulfonamides is 1. The zero-order valence-corrected chi connectivity index (χ0v) is 17.1. The zero-order valence-electron chi connectivity index (χ0n) is 15.4. The van der Waals surface area contributed by atoms with Crippen molar-refractivity contribution in [3.63, 3.8) is 0 Å². The summed E-state index contributed by atoms with van der Waals surface area (Å²) in [5, 5.41) is 3.20. The van der Waals surface area contributed by atoms with Gasteiger partial charge in [0.25, 0.3) is 0 Å². The summed E-state index contributed by atoms with van der Waals surface area (Å²) in [5.41, 5.74) is 1.38. The second-order valence-electron chi connectivity index (χ2n) is 6.28. The fourth-order valence-corrected chi connectivity index (χ4v) is 5.13. The lowest BCUT2D eigenvalue weighted by Gasteiger charge is -2.33. The third-order valence-electron chi connectivity index (χ3n) is 4.53. The number of methoxy groups -OCH3 is 1. The Balaban J connectivity index is 1.61. The lowest BCUT2D eigenvalue weighted by molar-refractivity contribution is 0.0600. The summed E-state index contributed by atoms with van der Waals surface area (Å²) in [7, 11) is -2.27. The zero-order chi connectivity index (χ0) is 19.4. The predicted molar refractivity (Wildman–Crippen MR) is 103 cm³/mol. The summed E-state index contributed by atoms with van der Waals surface area (Å²) < 4.78 is 31.8. The molecule has 146 valence electrons. The molecule has 0 N–H and O–H groups in total. The van der Waals surface area contributed by atoms with Gasteiger partial charge in [0.2, 0.25) is 10.0 Å². The number of esters is 1. The first-order valence-electron chi connectivity index (χ1n) is 8.78. The number of hydrogen-bond donors (Lipinski definition) is 0. The van der Waals surface area contributed by atoms with E-state index in [-0.39, 0.29) is 4.90 Å². The summed E-state index contributed by atoms with van der Waals surface area (Å²) in [6.07, 6.45) is 0.936. The lowest BCUT2D eigenvalue weighted by Crippen LogP contribution is -2.48. The van der Waals surface area contributed by atoms with E-state index in [1.807, 2.05) is 0 Å². The van der Waals surface area contributed by atoms with E-state index in [4.69, 9.17) is 0 Å². The minimum atomic E-state index is -3.57. The number of carbonyl (C=O) groups excluding carboxylic acids is 1. The van der Waals surface area contributed by atoms with Gasteiger partial charge in [0, 0.05) is 38.1 Å². The molecule has 3 rings (SSSR count). The standard InChI is InChI=1S/C18H23N3O4S2/c1-3-17-19-15(13-26-17)12-20-8-10-21(11-9-20)27(23,24)16-6-4-14(5-7-16)18(22)25-2/h4-7,13H,3,8-12H2,1-2H3. The molecule has 0 spiro atoms. The van der Waals surface area contributed by atoms with Crippen LogP contribution in [-0.4, -0.2) is 61.9 Å². The van der Waals surface area contributed by atoms with Crippen LogP contribution in [0, 0.1) is 0 Å². The molecule has 0 unspecified atom stereocenters. The van der Waals surface area contributed by atoms with Crippen LogP contribution < -0.4 is 0 Å². The molecule has 7 nitrogen and oxygen atoms in total. The number of piperazine rings is 1. The number of carbonyl (C=O) groups is 1. The molecule has 9 heteroatoms. The second kappa shape index (κ2) is 8.47. The molecule has 1 aromatic carbocycles. The molecule has 0 bridgehead atoms. The van der Waals surface area contributed by atoms with Crippen LogP contribution in [0.15, 0.2) is 34.5 Å². The fourth-order valence-electron chi connectivity index (χ4n) is 2.97. The van der Waals surface area contributed by atoms with Crippen molar-refractivity contribution < 1.29 is 17.9 Å². The Hall–Kier alpha value is -1.81. The Labute approximate surface area is 163 Å². The van der Waals surface area contributed by atoms with Gasteiger partial charge in [0.15, 0.2) is 0 Å². The smallest absolute Gasteiger partial charge is 0.337 e. The number of aryl methyl sites for hydroxylation is 1. The van der Waals surface area contributed by atoms with Crippen LogP contribution in [0.2, 0.25) is 0 Å². The van der Waals surface area contributed by atoms with Crippen molar-refractivity contribution in [2.75, 3.05) is 33.3 Å². The van der Waals surface area contributed by atoms with E-state index in [1.54, 1.807) is 11.3 Å². The summed E-state index contributed by atoms with van der Waals surface area (Å²) in [6, 6.07) is 5.86. The average molecular weight is 410 g/mol. The van der Waals surface area contributed by atoms with Crippen molar-refractivity contribution >= 4 is 27.3 Å². The van der Waals surface area contributed by atoms with E-state index in [0.717, 1.165) is 23.7 Å². The Morgan fingerprint density at radius 2 is 1.85 bits per heavy atom. The molecule has 1 fully saturated rings. The van der Waals surface area contributed by atoms with Gasteiger partial charge in [-0.1, -0.05) is 6.92 Å². The third kappa shape index (κ3) is 4.55. The van der Waals surface area contributed by atoms with Crippen LogP contribution in [0.4, 0.5) is 0 Å². The van der Waals surface area contributed by atoms with E-state index in [2.05, 4.69) is 26.9 Å². The van der Waals surface area contributed by atoms with Crippen LogP contribution in [0.3, 0.4) is 0 Å². The molecule has 0 saturated carbocycles. The van der Waals surface area contributed by atoms with Gasteiger partial charge in [0.1, 0.15) is 0 Å². The minimum absolute atomic E-state index is 0.190. The normalized spacial score (nSPS) is 16.4. The molecule has 1 aromatic heterocycles. The van der Waals surface area contributed by atoms with Crippen molar-refractivity contribution in [3.05, 3.63) is 45.9 Å². The van der Waals surface area contributed by atoms with Gasteiger partial charge in [0.05, 0.1) is 28.3 Å². The summed E-state index contributed by atoms with van der Waals surface area (Å²) in [5.74, 6) is -0.485. The highest BCUT2D eigenvalue weighted by molar-refractivity contribution is 7.89. The molecule has 27 heavy (non-hydrogen) atoms. The van der Waals surface area contributed by atoms with Crippen LogP contribution in [0.1, 0.15) is 28.0 Å². The highest BCUT2D eigenvalue weighted by atomic mass is 32.2. The molecular weight excluding hydrogens is 386 g/mol. The molecule has 1 saturated heterocycles. The molecule has 0 radical (unpaired) electrons. The summed E-state index contributed by atoms with van der Waals surface area (Å²) >= 11 is 1.67. The van der Waals surface area contributed by atoms with Gasteiger partial charge in [-0.05, 0) is 30.7 Å². The van der Waals surface area contributed by atoms with E-state index in [1.165, 1.54) is 35.7 Å². The van der Waals surface area contributed by atoms with E-state index >= 15 is 0 Å². The van der Waals surface area contributed by atoms with Crippen molar-refractivity contribution in [1.82, 2.24) is 14.2 Å². The molecule has 0 atom stereocenters. The maximum Gasteiger partial charge on any atom is 0.337 e. The second-order valence-corrected chi connectivity index (χ2v) is 9.16. The van der Waals surface area contributed by atoms with Gasteiger partial charge in [-0.15, -0.1) is 11.3 Å². The predicted octanol–water partition coefficient (Wildman–Crippen LogP) is 2.00. The van der Waals surface area contributed by atoms with Crippen LogP contribution in [0.5, 0.6) is 0 Å². The van der Waals surface area contributed by atoms with Crippen molar-refractivity contribution in [2.24, 2.45) is 0 Å². The Kier molecular flexibility index (Phi) is 6.25. The van der Waals surface area contributed by atoms with Crippen molar-refractivity contribution in [2.45, 2.75) is 24.8 Å². The lowest BCUT2D eigenvalue weighted by atomic mass is 10.2. The largest absolute Gasteiger partial charge is 0.465 e. The first kappa shape index (κ1) is 19.9. The number of nitrogens with zero attached hydrogens (tertiary/aromatic N) is 3. The highest BCUT2D eigenvalue weighted by Crippen LogP contribution is 2.20. The fraction of sp³-hybridized carbons (Fsp3) is 0.444. The molecule has 1 aliphatic rings. The first-order chi connectivity index (χ1) is 12.9. The van der Waals surface area contributed by atoms with E-state index in [9.17, 15) is 13.2 Å². The summed E-state index contributed by atoms with van der Waals surface area (Å²) in [6.45, 7) is 5.04. The minimum Gasteiger partial charge on any atom is -0.465 e.